The first kappa shape index (κ1) is 19.9. The maximum absolute atomic E-state index is 12.6. The van der Waals surface area contributed by atoms with E-state index in [1.54, 1.807) is 24.3 Å². The summed E-state index contributed by atoms with van der Waals surface area (Å²) in [6.07, 6.45) is 3.60. The topological polar surface area (TPSA) is 133 Å². The average Bonchev–Trinajstić information content (AvgIpc) is 3.28. The molecule has 2 aliphatic rings. The van der Waals surface area contributed by atoms with Gasteiger partial charge in [-0.3, -0.25) is 28.8 Å². The van der Waals surface area contributed by atoms with Gasteiger partial charge in [0.25, 0.3) is 11.5 Å². The van der Waals surface area contributed by atoms with Crippen molar-refractivity contribution in [1.82, 2.24) is 25.1 Å². The number of aromatic amines is 1. The Balaban J connectivity index is 1.33. The number of carbonyl (C=O) groups is 3. The monoisotopic (exact) mass is 413 g/mol. The molecule has 158 valence electrons. The fourth-order valence-corrected chi connectivity index (χ4v) is 4.26. The Morgan fingerprint density at radius 1 is 1.10 bits per heavy atom. The third-order valence-corrected chi connectivity index (χ3v) is 5.79. The molecule has 0 unspecified atom stereocenters. The van der Waals surface area contributed by atoms with Gasteiger partial charge in [-0.2, -0.15) is 0 Å². The molecular weight excluding hydrogens is 390 g/mol. The number of nitrogens with one attached hydrogen (secondary N) is 3. The van der Waals surface area contributed by atoms with Crippen molar-refractivity contribution in [2.24, 2.45) is 0 Å². The summed E-state index contributed by atoms with van der Waals surface area (Å²) in [7, 11) is 0. The molecule has 10 heteroatoms. The summed E-state index contributed by atoms with van der Waals surface area (Å²) in [6.45, 7) is 0.218. The van der Waals surface area contributed by atoms with Gasteiger partial charge in [-0.05, 0) is 31.4 Å². The number of fused-ring (bicyclic) bond motifs is 1. The molecule has 0 atom stereocenters. The summed E-state index contributed by atoms with van der Waals surface area (Å²) >= 11 is 0. The van der Waals surface area contributed by atoms with E-state index in [0.29, 0.717) is 30.2 Å². The van der Waals surface area contributed by atoms with Crippen molar-refractivity contribution >= 4 is 28.7 Å². The van der Waals surface area contributed by atoms with Crippen LogP contribution >= 0.6 is 0 Å². The average molecular weight is 413 g/mol. The second-order valence-electron chi connectivity index (χ2n) is 7.74. The van der Waals surface area contributed by atoms with Crippen LogP contribution in [0.2, 0.25) is 0 Å². The van der Waals surface area contributed by atoms with Crippen LogP contribution in [0.5, 0.6) is 0 Å². The summed E-state index contributed by atoms with van der Waals surface area (Å²) in [4.78, 5) is 64.5. The lowest BCUT2D eigenvalue weighted by Gasteiger charge is -2.20. The molecule has 2 aromatic rings. The number of para-hydroxylation sites is 1. The molecule has 1 aromatic carbocycles. The van der Waals surface area contributed by atoms with E-state index in [2.05, 4.69) is 15.6 Å². The molecule has 4 amide bonds. The Kier molecular flexibility index (Phi) is 5.15. The van der Waals surface area contributed by atoms with Crippen molar-refractivity contribution < 1.29 is 14.4 Å². The number of benzene rings is 1. The van der Waals surface area contributed by atoms with Crippen molar-refractivity contribution in [1.29, 1.82) is 0 Å². The van der Waals surface area contributed by atoms with E-state index < -0.39 is 22.7 Å². The number of imide groups is 1. The Hall–Kier alpha value is -3.43. The van der Waals surface area contributed by atoms with Gasteiger partial charge in [0, 0.05) is 13.1 Å². The SMILES string of the molecule is O=C(Cn1c(=O)[nH]c(=O)c2ccccc21)NCCCN1C(=O)NC2(CCCC2)C1=O. The summed E-state index contributed by atoms with van der Waals surface area (Å²) in [6, 6.07) is 6.18. The number of aromatic nitrogens is 2. The molecule has 1 spiro atoms. The molecule has 0 bridgehead atoms. The first-order chi connectivity index (χ1) is 14.4. The van der Waals surface area contributed by atoms with Crippen molar-refractivity contribution in [3.63, 3.8) is 0 Å². The van der Waals surface area contributed by atoms with Gasteiger partial charge in [-0.25, -0.2) is 9.59 Å². The fourth-order valence-electron chi connectivity index (χ4n) is 4.26. The number of carbonyl (C=O) groups excluding carboxylic acids is 3. The van der Waals surface area contributed by atoms with Gasteiger partial charge in [-0.1, -0.05) is 25.0 Å². The zero-order chi connectivity index (χ0) is 21.3. The maximum Gasteiger partial charge on any atom is 0.329 e. The maximum atomic E-state index is 12.6. The Morgan fingerprint density at radius 3 is 2.60 bits per heavy atom. The molecule has 2 fully saturated rings. The largest absolute Gasteiger partial charge is 0.354 e. The number of hydrogen-bond donors (Lipinski definition) is 3. The van der Waals surface area contributed by atoms with Crippen LogP contribution in [-0.4, -0.2) is 50.9 Å². The number of rotatable bonds is 6. The third-order valence-electron chi connectivity index (χ3n) is 5.79. The summed E-state index contributed by atoms with van der Waals surface area (Å²) < 4.78 is 1.20. The molecule has 1 aromatic heterocycles. The van der Waals surface area contributed by atoms with Crippen LogP contribution in [0.4, 0.5) is 4.79 Å². The molecule has 1 aliphatic heterocycles. The standard InChI is InChI=1S/C20H23N5O5/c26-15(12-25-14-7-2-1-6-13(14)16(27)22-18(25)29)21-10-5-11-24-17(28)20(23-19(24)30)8-3-4-9-20/h1-2,6-7H,3-5,8-12H2,(H,21,26)(H,23,30)(H,22,27,29). The van der Waals surface area contributed by atoms with Crippen LogP contribution in [-0.2, 0) is 16.1 Å². The quantitative estimate of drug-likeness (QED) is 0.455. The summed E-state index contributed by atoms with van der Waals surface area (Å²) in [5.41, 5.74) is -1.51. The lowest BCUT2D eigenvalue weighted by atomic mass is 9.98. The second kappa shape index (κ2) is 7.77. The van der Waals surface area contributed by atoms with E-state index in [-0.39, 0.29) is 31.6 Å². The van der Waals surface area contributed by atoms with Gasteiger partial charge in [0.05, 0.1) is 10.9 Å². The van der Waals surface area contributed by atoms with Crippen molar-refractivity contribution in [3.05, 3.63) is 45.1 Å². The highest BCUT2D eigenvalue weighted by Gasteiger charge is 2.51. The number of amides is 4. The smallest absolute Gasteiger partial charge is 0.329 e. The van der Waals surface area contributed by atoms with Crippen molar-refractivity contribution in [3.8, 4) is 0 Å². The van der Waals surface area contributed by atoms with E-state index in [1.807, 2.05) is 0 Å². The van der Waals surface area contributed by atoms with E-state index >= 15 is 0 Å². The number of H-pyrrole nitrogens is 1. The zero-order valence-corrected chi connectivity index (χ0v) is 16.4. The van der Waals surface area contributed by atoms with Crippen LogP contribution < -0.4 is 21.9 Å². The number of nitrogens with zero attached hydrogens (tertiary/aromatic N) is 2. The normalized spacial score (nSPS) is 17.7. The van der Waals surface area contributed by atoms with Gasteiger partial charge in [0.1, 0.15) is 12.1 Å². The van der Waals surface area contributed by atoms with E-state index in [4.69, 9.17) is 0 Å². The van der Waals surface area contributed by atoms with Gasteiger partial charge >= 0.3 is 11.7 Å². The minimum absolute atomic E-state index is 0.178. The Labute approximate surface area is 171 Å². The fraction of sp³-hybridized carbons (Fsp3) is 0.450. The molecule has 30 heavy (non-hydrogen) atoms. The molecule has 10 nitrogen and oxygen atoms in total. The van der Waals surface area contributed by atoms with Crippen LogP contribution in [0.1, 0.15) is 32.1 Å². The van der Waals surface area contributed by atoms with Crippen molar-refractivity contribution in [2.75, 3.05) is 13.1 Å². The number of urea groups is 1. The first-order valence-electron chi connectivity index (χ1n) is 10.0. The van der Waals surface area contributed by atoms with Crippen molar-refractivity contribution in [2.45, 2.75) is 44.2 Å². The predicted molar refractivity (Wildman–Crippen MR) is 108 cm³/mol. The van der Waals surface area contributed by atoms with Gasteiger partial charge < -0.3 is 10.6 Å². The van der Waals surface area contributed by atoms with Crippen LogP contribution in [0.3, 0.4) is 0 Å². The molecule has 2 heterocycles. The zero-order valence-electron chi connectivity index (χ0n) is 16.4. The first-order valence-corrected chi connectivity index (χ1v) is 10.0. The molecule has 1 saturated carbocycles. The van der Waals surface area contributed by atoms with Gasteiger partial charge in [0.15, 0.2) is 0 Å². The molecule has 4 rings (SSSR count). The van der Waals surface area contributed by atoms with Crippen LogP contribution in [0.15, 0.2) is 33.9 Å². The molecule has 1 aliphatic carbocycles. The van der Waals surface area contributed by atoms with Gasteiger partial charge in [-0.15, -0.1) is 0 Å². The molecule has 1 saturated heterocycles. The van der Waals surface area contributed by atoms with E-state index in [1.165, 1.54) is 9.47 Å². The van der Waals surface area contributed by atoms with Crippen LogP contribution in [0.25, 0.3) is 10.9 Å². The predicted octanol–water partition coefficient (Wildman–Crippen LogP) is 0.0607. The minimum Gasteiger partial charge on any atom is -0.354 e. The lowest BCUT2D eigenvalue weighted by Crippen LogP contribution is -2.44. The molecular formula is C20H23N5O5. The highest BCUT2D eigenvalue weighted by atomic mass is 16.2. The Morgan fingerprint density at radius 2 is 1.83 bits per heavy atom. The minimum atomic E-state index is -0.729. The third kappa shape index (κ3) is 3.49. The van der Waals surface area contributed by atoms with E-state index in [9.17, 15) is 24.0 Å². The summed E-state index contributed by atoms with van der Waals surface area (Å²) in [5.74, 6) is -0.582. The highest BCUT2D eigenvalue weighted by molar-refractivity contribution is 6.07. The Bertz CT molecular complexity index is 1130. The molecule has 0 radical (unpaired) electrons. The van der Waals surface area contributed by atoms with Crippen LogP contribution in [0, 0.1) is 0 Å². The number of hydrogen-bond acceptors (Lipinski definition) is 5. The highest BCUT2D eigenvalue weighted by Crippen LogP contribution is 2.34. The lowest BCUT2D eigenvalue weighted by molar-refractivity contribution is -0.131. The second-order valence-corrected chi connectivity index (χ2v) is 7.74. The van der Waals surface area contributed by atoms with E-state index in [0.717, 1.165) is 12.8 Å². The van der Waals surface area contributed by atoms with Gasteiger partial charge in [0.2, 0.25) is 5.91 Å². The molecule has 3 N–H and O–H groups in total. The summed E-state index contributed by atoms with van der Waals surface area (Å²) in [5, 5.41) is 5.84.